The highest BCUT2D eigenvalue weighted by Gasteiger charge is 2.18. The first-order valence-corrected chi connectivity index (χ1v) is 8.42. The van der Waals surface area contributed by atoms with Crippen LogP contribution in [0.3, 0.4) is 0 Å². The monoisotopic (exact) mass is 377 g/mol. The Kier molecular flexibility index (Phi) is 6.79. The zero-order valence-electron chi connectivity index (χ0n) is 11.3. The molecule has 7 nitrogen and oxygen atoms in total. The number of halogens is 1. The maximum atomic E-state index is 12.0. The van der Waals surface area contributed by atoms with E-state index < -0.39 is 22.5 Å². The van der Waals surface area contributed by atoms with Crippen molar-refractivity contribution in [2.75, 3.05) is 19.6 Å². The van der Waals surface area contributed by atoms with Gasteiger partial charge in [0.15, 0.2) is 0 Å². The summed E-state index contributed by atoms with van der Waals surface area (Å²) in [6.45, 7) is 1.58. The first-order chi connectivity index (χ1) is 9.86. The van der Waals surface area contributed by atoms with Crippen molar-refractivity contribution in [3.63, 3.8) is 0 Å². The Morgan fingerprint density at radius 2 is 1.71 bits per heavy atom. The number of rotatable bonds is 7. The lowest BCUT2D eigenvalue weighted by atomic mass is 10.4. The van der Waals surface area contributed by atoms with Crippen molar-refractivity contribution in [2.45, 2.75) is 11.8 Å². The van der Waals surface area contributed by atoms with Crippen LogP contribution in [0.1, 0.15) is 6.92 Å². The first-order valence-electron chi connectivity index (χ1n) is 6.14. The third kappa shape index (κ3) is 5.82. The van der Waals surface area contributed by atoms with Gasteiger partial charge in [0, 0.05) is 11.0 Å². The molecule has 0 fully saturated rings. The number of carbonyl (C=O) groups is 2. The maximum absolute atomic E-state index is 12.0. The maximum Gasteiger partial charge on any atom is 0.242 e. The van der Waals surface area contributed by atoms with E-state index in [4.69, 9.17) is 0 Å². The third-order valence-corrected chi connectivity index (χ3v) is 4.78. The molecule has 3 N–H and O–H groups in total. The Hall–Kier alpha value is -1.45. The fourth-order valence-electron chi connectivity index (χ4n) is 1.40. The van der Waals surface area contributed by atoms with Crippen LogP contribution in [0, 0.1) is 0 Å². The van der Waals surface area contributed by atoms with E-state index in [-0.39, 0.29) is 17.3 Å². The molecule has 9 heteroatoms. The quantitative estimate of drug-likeness (QED) is 0.620. The average Bonchev–Trinajstić information content (AvgIpc) is 2.43. The Labute approximate surface area is 131 Å². The van der Waals surface area contributed by atoms with Gasteiger partial charge in [-0.3, -0.25) is 9.59 Å². The molecule has 1 rings (SSSR count). The van der Waals surface area contributed by atoms with Gasteiger partial charge < -0.3 is 10.6 Å². The summed E-state index contributed by atoms with van der Waals surface area (Å²) in [5.74, 6) is -0.920. The van der Waals surface area contributed by atoms with Crippen LogP contribution in [0.25, 0.3) is 0 Å². The molecule has 0 aliphatic heterocycles. The molecule has 0 heterocycles. The SMILES string of the molecule is CCNC(=O)CNC(=O)CNS(=O)(=O)c1ccccc1Br. The van der Waals surface area contributed by atoms with Gasteiger partial charge in [0.1, 0.15) is 0 Å². The molecule has 0 atom stereocenters. The highest BCUT2D eigenvalue weighted by molar-refractivity contribution is 9.10. The second-order valence-electron chi connectivity index (χ2n) is 3.99. The second kappa shape index (κ2) is 8.11. The van der Waals surface area contributed by atoms with Crippen molar-refractivity contribution in [3.05, 3.63) is 28.7 Å². The number of amides is 2. The number of benzene rings is 1. The zero-order valence-corrected chi connectivity index (χ0v) is 13.8. The lowest BCUT2D eigenvalue weighted by Gasteiger charge is -2.09. The molecule has 0 aromatic heterocycles. The fraction of sp³-hybridized carbons (Fsp3) is 0.333. The molecule has 21 heavy (non-hydrogen) atoms. The summed E-state index contributed by atoms with van der Waals surface area (Å²) in [6.07, 6.45) is 0. The van der Waals surface area contributed by atoms with Crippen molar-refractivity contribution in [1.82, 2.24) is 15.4 Å². The Morgan fingerprint density at radius 3 is 2.33 bits per heavy atom. The molecule has 1 aromatic rings. The molecule has 2 amide bonds. The van der Waals surface area contributed by atoms with Gasteiger partial charge in [-0.15, -0.1) is 0 Å². The van der Waals surface area contributed by atoms with E-state index in [9.17, 15) is 18.0 Å². The van der Waals surface area contributed by atoms with Crippen LogP contribution >= 0.6 is 15.9 Å². The van der Waals surface area contributed by atoms with Crippen LogP contribution in [-0.4, -0.2) is 39.9 Å². The predicted octanol–water partition coefficient (Wildman–Crippen LogP) is -0.0203. The van der Waals surface area contributed by atoms with E-state index >= 15 is 0 Å². The predicted molar refractivity (Wildman–Crippen MR) is 81.0 cm³/mol. The molecule has 0 radical (unpaired) electrons. The highest BCUT2D eigenvalue weighted by Crippen LogP contribution is 2.20. The smallest absolute Gasteiger partial charge is 0.242 e. The minimum absolute atomic E-state index is 0.0431. The third-order valence-electron chi connectivity index (χ3n) is 2.37. The number of hydrogen-bond donors (Lipinski definition) is 3. The van der Waals surface area contributed by atoms with E-state index in [2.05, 4.69) is 31.3 Å². The van der Waals surface area contributed by atoms with Gasteiger partial charge in [0.25, 0.3) is 0 Å². The van der Waals surface area contributed by atoms with Gasteiger partial charge in [-0.05, 0) is 35.0 Å². The molecule has 1 aromatic carbocycles. The van der Waals surface area contributed by atoms with E-state index in [0.717, 1.165) is 0 Å². The van der Waals surface area contributed by atoms with E-state index in [1.807, 2.05) is 0 Å². The minimum atomic E-state index is -3.79. The van der Waals surface area contributed by atoms with Crippen molar-refractivity contribution in [3.8, 4) is 0 Å². The Morgan fingerprint density at radius 1 is 1.10 bits per heavy atom. The van der Waals surface area contributed by atoms with Gasteiger partial charge >= 0.3 is 0 Å². The molecule has 116 valence electrons. The van der Waals surface area contributed by atoms with Gasteiger partial charge in [-0.1, -0.05) is 12.1 Å². The number of nitrogens with one attached hydrogen (secondary N) is 3. The van der Waals surface area contributed by atoms with Crippen LogP contribution in [0.5, 0.6) is 0 Å². The summed E-state index contributed by atoms with van der Waals surface area (Å²) in [7, 11) is -3.79. The molecule has 0 unspecified atom stereocenters. The molecule has 0 aliphatic carbocycles. The first kappa shape index (κ1) is 17.6. The number of sulfonamides is 1. The van der Waals surface area contributed by atoms with Crippen LogP contribution in [0.4, 0.5) is 0 Å². The van der Waals surface area contributed by atoms with E-state index in [1.165, 1.54) is 6.07 Å². The van der Waals surface area contributed by atoms with Gasteiger partial charge in [-0.2, -0.15) is 0 Å². The van der Waals surface area contributed by atoms with Crippen molar-refractivity contribution < 1.29 is 18.0 Å². The summed E-state index contributed by atoms with van der Waals surface area (Å²) < 4.78 is 26.6. The van der Waals surface area contributed by atoms with Crippen molar-refractivity contribution >= 4 is 37.8 Å². The number of hydrogen-bond acceptors (Lipinski definition) is 4. The van der Waals surface area contributed by atoms with Crippen LogP contribution in [-0.2, 0) is 19.6 Å². The summed E-state index contributed by atoms with van der Waals surface area (Å²) in [6, 6.07) is 6.26. The summed E-state index contributed by atoms with van der Waals surface area (Å²) in [4.78, 5) is 22.7. The average molecular weight is 378 g/mol. The zero-order chi connectivity index (χ0) is 15.9. The topological polar surface area (TPSA) is 104 Å². The summed E-state index contributed by atoms with van der Waals surface area (Å²) in [5.41, 5.74) is 0. The van der Waals surface area contributed by atoms with Crippen molar-refractivity contribution in [1.29, 1.82) is 0 Å². The molecule has 0 aliphatic rings. The number of carbonyl (C=O) groups excluding carboxylic acids is 2. The molecule has 0 saturated heterocycles. The highest BCUT2D eigenvalue weighted by atomic mass is 79.9. The molecular formula is C12H16BrN3O4S. The largest absolute Gasteiger partial charge is 0.355 e. The molecule has 0 saturated carbocycles. The second-order valence-corrected chi connectivity index (χ2v) is 6.57. The normalized spacial score (nSPS) is 11.0. The van der Waals surface area contributed by atoms with Gasteiger partial charge in [0.05, 0.1) is 18.0 Å². The van der Waals surface area contributed by atoms with Gasteiger partial charge in [-0.25, -0.2) is 13.1 Å². The molecule has 0 bridgehead atoms. The van der Waals surface area contributed by atoms with Crippen LogP contribution in [0.15, 0.2) is 33.6 Å². The Balaban J connectivity index is 2.53. The lowest BCUT2D eigenvalue weighted by molar-refractivity contribution is -0.125. The molecule has 0 spiro atoms. The van der Waals surface area contributed by atoms with Crippen LogP contribution < -0.4 is 15.4 Å². The standard InChI is InChI=1S/C12H16BrN3O4S/c1-2-14-11(17)7-15-12(18)8-16-21(19,20)10-6-4-3-5-9(10)13/h3-6,16H,2,7-8H2,1H3,(H,14,17)(H,15,18). The molecular weight excluding hydrogens is 362 g/mol. The van der Waals surface area contributed by atoms with E-state index in [1.54, 1.807) is 25.1 Å². The van der Waals surface area contributed by atoms with Crippen molar-refractivity contribution in [2.24, 2.45) is 0 Å². The Bertz CT molecular complexity index is 619. The summed E-state index contributed by atoms with van der Waals surface area (Å²) in [5, 5.41) is 4.82. The minimum Gasteiger partial charge on any atom is -0.355 e. The van der Waals surface area contributed by atoms with E-state index in [0.29, 0.717) is 11.0 Å². The fourth-order valence-corrected chi connectivity index (χ4v) is 3.39. The van der Waals surface area contributed by atoms with Crippen LogP contribution in [0.2, 0.25) is 0 Å². The van der Waals surface area contributed by atoms with Gasteiger partial charge in [0.2, 0.25) is 21.8 Å². The lowest BCUT2D eigenvalue weighted by Crippen LogP contribution is -2.41. The number of likely N-dealkylation sites (N-methyl/N-ethyl adjacent to an activating group) is 1. The summed E-state index contributed by atoms with van der Waals surface area (Å²) >= 11 is 3.13.